The summed E-state index contributed by atoms with van der Waals surface area (Å²) in [5.74, 6) is 0. The molecule has 1 atom stereocenters. The van der Waals surface area contributed by atoms with Gasteiger partial charge in [-0.05, 0) is 0 Å². The van der Waals surface area contributed by atoms with E-state index in [1.54, 1.807) is 12.4 Å². The Bertz CT molecular complexity index is 73.5. The number of nitrogens with one attached hydrogen (secondary N) is 1. The quantitative estimate of drug-likeness (QED) is 0.655. The number of nitrogens with zero attached hydrogens (tertiary/aromatic N) is 2. The SMILES string of the molecule is Cl.Cl.Cl.P.c1c[nH]nn1. The van der Waals surface area contributed by atoms with E-state index in [0.29, 0.717) is 0 Å². The summed E-state index contributed by atoms with van der Waals surface area (Å²) in [6, 6.07) is 0. The summed E-state index contributed by atoms with van der Waals surface area (Å²) in [6.07, 6.45) is 3.24. The Kier molecular flexibility index (Phi) is 39.9. The molecule has 0 spiro atoms. The van der Waals surface area contributed by atoms with E-state index in [1.807, 2.05) is 0 Å². The van der Waals surface area contributed by atoms with Gasteiger partial charge < -0.3 is 0 Å². The lowest BCUT2D eigenvalue weighted by atomic mass is 11.0. The fourth-order valence-electron chi connectivity index (χ4n) is 0.167. The molecule has 0 fully saturated rings. The molecule has 1 rings (SSSR count). The van der Waals surface area contributed by atoms with Gasteiger partial charge in [0.1, 0.15) is 0 Å². The van der Waals surface area contributed by atoms with E-state index in [2.05, 4.69) is 15.4 Å². The average molecular weight is 212 g/mol. The third-order valence-corrected chi connectivity index (χ3v) is 0.331. The van der Waals surface area contributed by atoms with E-state index >= 15 is 0 Å². The van der Waals surface area contributed by atoms with Crippen LogP contribution in [-0.4, -0.2) is 15.4 Å². The number of hydrogen-bond donors (Lipinski definition) is 1. The van der Waals surface area contributed by atoms with Gasteiger partial charge in [0.15, 0.2) is 0 Å². The van der Waals surface area contributed by atoms with Crippen LogP contribution in [-0.2, 0) is 0 Å². The first-order valence-electron chi connectivity index (χ1n) is 1.30. The lowest BCUT2D eigenvalue weighted by Crippen LogP contribution is -1.61. The Balaban J connectivity index is -0.0000000312. The maximum atomic E-state index is 3.42. The highest BCUT2D eigenvalue weighted by molar-refractivity contribution is 6.92. The number of aromatic nitrogens is 3. The molecule has 0 aliphatic rings. The zero-order valence-corrected chi connectivity index (χ0v) is 8.34. The van der Waals surface area contributed by atoms with Crippen molar-refractivity contribution in [3.8, 4) is 0 Å². The number of hydrogen-bond acceptors (Lipinski definition) is 2. The molecule has 0 saturated heterocycles. The predicted molar refractivity (Wildman–Crippen MR) is 49.2 cm³/mol. The number of halogens is 3. The van der Waals surface area contributed by atoms with Gasteiger partial charge in [0.05, 0.1) is 6.20 Å². The summed E-state index contributed by atoms with van der Waals surface area (Å²) >= 11 is 0. The maximum absolute atomic E-state index is 3.42. The van der Waals surface area contributed by atoms with Crippen LogP contribution >= 0.6 is 47.1 Å². The Morgan fingerprint density at radius 1 is 1.11 bits per heavy atom. The van der Waals surface area contributed by atoms with Crippen molar-refractivity contribution in [2.45, 2.75) is 0 Å². The molecule has 0 saturated carbocycles. The summed E-state index contributed by atoms with van der Waals surface area (Å²) in [7, 11) is 0. The van der Waals surface area contributed by atoms with E-state index in [1.165, 1.54) is 0 Å². The second kappa shape index (κ2) is 15.8. The lowest BCUT2D eigenvalue weighted by Gasteiger charge is -1.46. The molecule has 9 heavy (non-hydrogen) atoms. The first kappa shape index (κ1) is 22.7. The topological polar surface area (TPSA) is 41.6 Å². The van der Waals surface area contributed by atoms with Gasteiger partial charge in [0.2, 0.25) is 0 Å². The van der Waals surface area contributed by atoms with E-state index in [9.17, 15) is 0 Å². The molecule has 0 aromatic carbocycles. The standard InChI is InChI=1S/C2H3N3.3ClH.H3P/c1-2-4-5-3-1;;;;/h1-2H,(H,3,4,5);3*1H;1H3. The first-order chi connectivity index (χ1) is 2.50. The Morgan fingerprint density at radius 2 is 1.67 bits per heavy atom. The molecular formula is C2H9Cl3N3P. The van der Waals surface area contributed by atoms with Gasteiger partial charge in [-0.15, -0.1) is 42.3 Å². The summed E-state index contributed by atoms with van der Waals surface area (Å²) in [5.41, 5.74) is 0. The normalized spacial score (nSPS) is 4.44. The van der Waals surface area contributed by atoms with Crippen LogP contribution in [0, 0.1) is 0 Å². The average Bonchev–Trinajstić information content (AvgIpc) is 1.76. The molecule has 0 aliphatic carbocycles. The summed E-state index contributed by atoms with van der Waals surface area (Å²) in [4.78, 5) is 0. The molecule has 1 aromatic heterocycles. The number of aromatic amines is 1. The molecule has 1 N–H and O–H groups in total. The first-order valence-corrected chi connectivity index (χ1v) is 1.30. The minimum absolute atomic E-state index is 0. The second-order valence-corrected chi connectivity index (χ2v) is 0.660. The summed E-state index contributed by atoms with van der Waals surface area (Å²) in [6.45, 7) is 0. The van der Waals surface area contributed by atoms with Crippen LogP contribution in [0.1, 0.15) is 0 Å². The zero-order valence-electron chi connectivity index (χ0n) is 4.48. The highest BCUT2D eigenvalue weighted by Crippen LogP contribution is 1.55. The van der Waals surface area contributed by atoms with Crippen LogP contribution < -0.4 is 0 Å². The molecule has 0 radical (unpaired) electrons. The largest absolute Gasteiger partial charge is 0.266 e. The van der Waals surface area contributed by atoms with Crippen molar-refractivity contribution < 1.29 is 0 Å². The second-order valence-electron chi connectivity index (χ2n) is 0.660. The van der Waals surface area contributed by atoms with E-state index in [4.69, 9.17) is 0 Å². The molecule has 1 heterocycles. The van der Waals surface area contributed by atoms with Crippen LogP contribution in [0.2, 0.25) is 0 Å². The molecule has 1 aromatic rings. The van der Waals surface area contributed by atoms with Gasteiger partial charge in [-0.2, -0.15) is 9.90 Å². The lowest BCUT2D eigenvalue weighted by molar-refractivity contribution is 0.940. The highest BCUT2D eigenvalue weighted by atomic mass is 35.5. The minimum atomic E-state index is 0. The van der Waals surface area contributed by atoms with Crippen molar-refractivity contribution in [3.05, 3.63) is 12.4 Å². The monoisotopic (exact) mass is 211 g/mol. The van der Waals surface area contributed by atoms with Crippen molar-refractivity contribution in [1.82, 2.24) is 15.4 Å². The Morgan fingerprint density at radius 3 is 1.78 bits per heavy atom. The Hall–Kier alpha value is 0.440. The van der Waals surface area contributed by atoms with Crippen LogP contribution in [0.3, 0.4) is 0 Å². The van der Waals surface area contributed by atoms with Crippen molar-refractivity contribution in [2.75, 3.05) is 0 Å². The third kappa shape index (κ3) is 11.8. The Labute approximate surface area is 75.2 Å². The van der Waals surface area contributed by atoms with Gasteiger partial charge in [0.25, 0.3) is 0 Å². The van der Waals surface area contributed by atoms with Gasteiger partial charge >= 0.3 is 0 Å². The number of H-pyrrole nitrogens is 1. The van der Waals surface area contributed by atoms with E-state index in [0.717, 1.165) is 0 Å². The van der Waals surface area contributed by atoms with Gasteiger partial charge in [-0.1, -0.05) is 5.21 Å². The molecular weight excluding hydrogens is 203 g/mol. The maximum Gasteiger partial charge on any atom is 0.0690 e. The van der Waals surface area contributed by atoms with Crippen LogP contribution in [0.5, 0.6) is 0 Å². The van der Waals surface area contributed by atoms with E-state index < -0.39 is 0 Å². The highest BCUT2D eigenvalue weighted by Gasteiger charge is 1.57. The molecule has 1 unspecified atom stereocenters. The summed E-state index contributed by atoms with van der Waals surface area (Å²) in [5, 5.41) is 9.26. The molecule has 0 bridgehead atoms. The van der Waals surface area contributed by atoms with Gasteiger partial charge in [-0.25, -0.2) is 0 Å². The van der Waals surface area contributed by atoms with Crippen molar-refractivity contribution in [1.29, 1.82) is 0 Å². The molecule has 7 heteroatoms. The smallest absolute Gasteiger partial charge is 0.0690 e. The zero-order chi connectivity index (χ0) is 3.54. The van der Waals surface area contributed by atoms with Crippen LogP contribution in [0.15, 0.2) is 12.4 Å². The van der Waals surface area contributed by atoms with Crippen molar-refractivity contribution in [3.63, 3.8) is 0 Å². The predicted octanol–water partition coefficient (Wildman–Crippen LogP) is 1.13. The third-order valence-electron chi connectivity index (χ3n) is 0.331. The number of rotatable bonds is 0. The minimum Gasteiger partial charge on any atom is -0.266 e. The molecule has 3 nitrogen and oxygen atoms in total. The van der Waals surface area contributed by atoms with E-state index in [-0.39, 0.29) is 47.1 Å². The summed E-state index contributed by atoms with van der Waals surface area (Å²) < 4.78 is 0. The fraction of sp³-hybridized carbons (Fsp3) is 0. The van der Waals surface area contributed by atoms with Crippen LogP contribution in [0.4, 0.5) is 0 Å². The van der Waals surface area contributed by atoms with Gasteiger partial charge in [-0.3, -0.25) is 5.10 Å². The van der Waals surface area contributed by atoms with Crippen molar-refractivity contribution >= 4 is 47.1 Å². The molecule has 58 valence electrons. The molecule has 0 amide bonds. The van der Waals surface area contributed by atoms with Gasteiger partial charge in [0, 0.05) is 6.20 Å². The fourth-order valence-corrected chi connectivity index (χ4v) is 0.167. The van der Waals surface area contributed by atoms with Crippen molar-refractivity contribution in [2.24, 2.45) is 0 Å². The van der Waals surface area contributed by atoms with Crippen LogP contribution in [0.25, 0.3) is 0 Å². The molecule has 0 aliphatic heterocycles.